The normalized spacial score (nSPS) is 22.2. The van der Waals surface area contributed by atoms with Crippen molar-refractivity contribution in [3.8, 4) is 11.8 Å². The van der Waals surface area contributed by atoms with Crippen LogP contribution in [-0.2, 0) is 25.9 Å². The van der Waals surface area contributed by atoms with Crippen LogP contribution >= 0.6 is 0 Å². The van der Waals surface area contributed by atoms with Gasteiger partial charge in [-0.1, -0.05) is 30.3 Å². The number of rotatable bonds is 12. The minimum atomic E-state index is -4.14. The first-order valence-electron chi connectivity index (χ1n) is 12.7. The highest BCUT2D eigenvalue weighted by Crippen LogP contribution is 2.36. The molecule has 2 saturated heterocycles. The van der Waals surface area contributed by atoms with E-state index in [-0.39, 0.29) is 36.8 Å². The Hall–Kier alpha value is -3.21. The SMILES string of the molecule is COc1ccc(S(=O)(=O)N(CCC#N)C[C@@H](O)[C@H](Cc2ccccc2)N(C(=O)[O-])[C@H]2CO[C@H]3OCC[C@H]32)cc1. The summed E-state index contributed by atoms with van der Waals surface area (Å²) in [6.07, 6.45) is -2.89. The molecule has 11 nitrogen and oxygen atoms in total. The molecule has 210 valence electrons. The minimum absolute atomic E-state index is 0.0417. The van der Waals surface area contributed by atoms with E-state index >= 15 is 0 Å². The van der Waals surface area contributed by atoms with Crippen LogP contribution in [0.1, 0.15) is 18.4 Å². The van der Waals surface area contributed by atoms with Crippen LogP contribution in [0.3, 0.4) is 0 Å². The van der Waals surface area contributed by atoms with Gasteiger partial charge in [0.05, 0.1) is 49.5 Å². The summed E-state index contributed by atoms with van der Waals surface area (Å²) in [5, 5.41) is 33.3. The number of nitriles is 1. The van der Waals surface area contributed by atoms with E-state index in [9.17, 15) is 28.7 Å². The Morgan fingerprint density at radius 1 is 1.21 bits per heavy atom. The minimum Gasteiger partial charge on any atom is -0.530 e. The summed E-state index contributed by atoms with van der Waals surface area (Å²) in [7, 11) is -2.68. The van der Waals surface area contributed by atoms with Gasteiger partial charge >= 0.3 is 0 Å². The lowest BCUT2D eigenvalue weighted by molar-refractivity contribution is -0.273. The topological polar surface area (TPSA) is 152 Å². The zero-order valence-electron chi connectivity index (χ0n) is 21.6. The number of benzene rings is 2. The first kappa shape index (κ1) is 28.8. The highest BCUT2D eigenvalue weighted by molar-refractivity contribution is 7.89. The summed E-state index contributed by atoms with van der Waals surface area (Å²) in [6, 6.07) is 15.1. The molecular formula is C27H32N3O8S-. The molecule has 2 fully saturated rings. The smallest absolute Gasteiger partial charge is 0.243 e. The number of nitrogens with zero attached hydrogens (tertiary/aromatic N) is 3. The summed E-state index contributed by atoms with van der Waals surface area (Å²) in [5.41, 5.74) is 0.757. The average molecular weight is 559 g/mol. The fourth-order valence-electron chi connectivity index (χ4n) is 5.23. The molecule has 2 aliphatic heterocycles. The predicted molar refractivity (Wildman–Crippen MR) is 137 cm³/mol. The van der Waals surface area contributed by atoms with Gasteiger partial charge in [-0.2, -0.15) is 9.57 Å². The van der Waals surface area contributed by atoms with Crippen molar-refractivity contribution < 1.29 is 37.6 Å². The molecule has 0 bridgehead atoms. The summed E-state index contributed by atoms with van der Waals surface area (Å²) in [6.45, 7) is -0.115. The van der Waals surface area contributed by atoms with E-state index in [1.54, 1.807) is 24.3 Å². The number of carbonyl (C=O) groups excluding carboxylic acids is 1. The van der Waals surface area contributed by atoms with E-state index in [0.29, 0.717) is 18.8 Å². The third kappa shape index (κ3) is 6.51. The summed E-state index contributed by atoms with van der Waals surface area (Å²) in [5.74, 6) is 0.240. The van der Waals surface area contributed by atoms with Gasteiger partial charge in [0.1, 0.15) is 11.8 Å². The molecule has 2 aromatic rings. The van der Waals surface area contributed by atoms with E-state index in [1.165, 1.54) is 31.4 Å². The Bertz CT molecular complexity index is 1250. The van der Waals surface area contributed by atoms with Crippen LogP contribution < -0.4 is 9.84 Å². The zero-order chi connectivity index (χ0) is 28.0. The molecule has 0 radical (unpaired) electrons. The Labute approximate surface area is 228 Å². The second-order valence-corrected chi connectivity index (χ2v) is 11.5. The maximum absolute atomic E-state index is 13.5. The number of aliphatic hydroxyl groups excluding tert-OH is 1. The molecule has 39 heavy (non-hydrogen) atoms. The van der Waals surface area contributed by atoms with Gasteiger partial charge in [0, 0.05) is 25.4 Å². The van der Waals surface area contributed by atoms with Gasteiger partial charge in [0.15, 0.2) is 6.29 Å². The molecular weight excluding hydrogens is 526 g/mol. The second-order valence-electron chi connectivity index (χ2n) is 9.54. The van der Waals surface area contributed by atoms with Gasteiger partial charge < -0.3 is 34.1 Å². The van der Waals surface area contributed by atoms with Crippen LogP contribution in [0.5, 0.6) is 5.75 Å². The van der Waals surface area contributed by atoms with Crippen LogP contribution in [-0.4, -0.2) is 86.7 Å². The van der Waals surface area contributed by atoms with E-state index in [2.05, 4.69) is 0 Å². The summed E-state index contributed by atoms with van der Waals surface area (Å²) < 4.78 is 44.5. The molecule has 2 aromatic carbocycles. The molecule has 5 atom stereocenters. The molecule has 1 amide bonds. The average Bonchev–Trinajstić information content (AvgIpc) is 3.56. The Morgan fingerprint density at radius 2 is 1.92 bits per heavy atom. The number of hydrogen-bond donors (Lipinski definition) is 1. The van der Waals surface area contributed by atoms with Crippen molar-refractivity contribution in [2.45, 2.75) is 48.6 Å². The molecule has 0 spiro atoms. The number of fused-ring (bicyclic) bond motifs is 1. The standard InChI is InChI=1S/C27H33N3O8S/c1-36-20-8-10-21(11-9-20)39(34,35)29(14-5-13-28)17-25(31)23(16-19-6-3-2-4-7-19)30(27(32)33)24-18-38-26-22(24)12-15-37-26/h2-4,6-11,22-26,31H,5,12,14-18H2,1H3,(H,32,33)/p-1/t22-,23-,24-,25+,26+/m0/s1. The van der Waals surface area contributed by atoms with Crippen molar-refractivity contribution in [2.24, 2.45) is 5.92 Å². The van der Waals surface area contributed by atoms with Gasteiger partial charge in [-0.15, -0.1) is 0 Å². The van der Waals surface area contributed by atoms with Crippen LogP contribution in [0.25, 0.3) is 0 Å². The molecule has 0 saturated carbocycles. The zero-order valence-corrected chi connectivity index (χ0v) is 22.4. The fraction of sp³-hybridized carbons (Fsp3) is 0.481. The van der Waals surface area contributed by atoms with E-state index in [4.69, 9.17) is 14.2 Å². The number of sulfonamides is 1. The fourth-order valence-corrected chi connectivity index (χ4v) is 6.69. The van der Waals surface area contributed by atoms with Gasteiger partial charge in [0.2, 0.25) is 10.0 Å². The van der Waals surface area contributed by atoms with Gasteiger partial charge in [0.25, 0.3) is 0 Å². The Kier molecular flexibility index (Phi) is 9.42. The van der Waals surface area contributed by atoms with Crippen molar-refractivity contribution in [1.29, 1.82) is 5.26 Å². The molecule has 0 aliphatic carbocycles. The highest BCUT2D eigenvalue weighted by Gasteiger charge is 2.47. The van der Waals surface area contributed by atoms with Gasteiger partial charge in [-0.05, 0) is 42.7 Å². The van der Waals surface area contributed by atoms with E-state index in [1.807, 2.05) is 12.1 Å². The monoisotopic (exact) mass is 558 g/mol. The first-order valence-corrected chi connectivity index (χ1v) is 14.2. The quantitative estimate of drug-likeness (QED) is 0.402. The van der Waals surface area contributed by atoms with Crippen molar-refractivity contribution in [1.82, 2.24) is 9.21 Å². The lowest BCUT2D eigenvalue weighted by Gasteiger charge is -2.43. The van der Waals surface area contributed by atoms with Crippen molar-refractivity contribution in [3.63, 3.8) is 0 Å². The van der Waals surface area contributed by atoms with Gasteiger partial charge in [-0.25, -0.2) is 8.42 Å². The van der Waals surface area contributed by atoms with Crippen LogP contribution in [0.4, 0.5) is 4.79 Å². The maximum atomic E-state index is 13.5. The van der Waals surface area contributed by atoms with Crippen molar-refractivity contribution in [3.05, 3.63) is 60.2 Å². The first-order chi connectivity index (χ1) is 18.8. The molecule has 12 heteroatoms. The summed E-state index contributed by atoms with van der Waals surface area (Å²) in [4.78, 5) is 13.6. The number of amides is 1. The molecule has 2 heterocycles. The Balaban J connectivity index is 1.66. The number of carbonyl (C=O) groups is 1. The van der Waals surface area contributed by atoms with Crippen LogP contribution in [0.15, 0.2) is 59.5 Å². The molecule has 2 aliphatic rings. The highest BCUT2D eigenvalue weighted by atomic mass is 32.2. The lowest BCUT2D eigenvalue weighted by Crippen LogP contribution is -2.61. The number of ether oxygens (including phenoxy) is 3. The number of aliphatic hydroxyl groups is 1. The summed E-state index contributed by atoms with van der Waals surface area (Å²) >= 11 is 0. The maximum Gasteiger partial charge on any atom is 0.243 e. The third-order valence-electron chi connectivity index (χ3n) is 7.23. The predicted octanol–water partition coefficient (Wildman–Crippen LogP) is 0.978. The largest absolute Gasteiger partial charge is 0.530 e. The molecule has 4 rings (SSSR count). The number of carboxylic acid groups (broad SMARTS) is 1. The van der Waals surface area contributed by atoms with E-state index in [0.717, 1.165) is 14.8 Å². The molecule has 0 aromatic heterocycles. The van der Waals surface area contributed by atoms with E-state index < -0.39 is 47.1 Å². The lowest BCUT2D eigenvalue weighted by atomic mass is 9.93. The third-order valence-corrected chi connectivity index (χ3v) is 9.11. The van der Waals surface area contributed by atoms with Crippen LogP contribution in [0, 0.1) is 17.2 Å². The molecule has 1 N–H and O–H groups in total. The number of methoxy groups -OCH3 is 1. The Morgan fingerprint density at radius 3 is 2.56 bits per heavy atom. The molecule has 0 unspecified atom stereocenters. The van der Waals surface area contributed by atoms with Crippen molar-refractivity contribution >= 4 is 16.1 Å². The van der Waals surface area contributed by atoms with Crippen LogP contribution in [0.2, 0.25) is 0 Å². The van der Waals surface area contributed by atoms with Gasteiger partial charge in [-0.3, -0.25) is 0 Å². The number of hydrogen-bond acceptors (Lipinski definition) is 9. The van der Waals surface area contributed by atoms with Crippen molar-refractivity contribution in [2.75, 3.05) is 33.4 Å². The second kappa shape index (κ2) is 12.8.